The van der Waals surface area contributed by atoms with E-state index in [1.165, 1.54) is 6.07 Å². The fraction of sp³-hybridized carbons (Fsp3) is 0.200. The number of hydrogen-bond acceptors (Lipinski definition) is 4. The molecule has 2 atom stereocenters. The molecule has 3 aromatic carbocycles. The van der Waals surface area contributed by atoms with Gasteiger partial charge in [0.1, 0.15) is 6.61 Å². The quantitative estimate of drug-likeness (QED) is 0.462. The minimum Gasteiger partial charge on any atom is -0.481 e. The summed E-state index contributed by atoms with van der Waals surface area (Å²) >= 11 is 12.3. The fourth-order valence-electron chi connectivity index (χ4n) is 4.30. The number of nitrogens with two attached hydrogens (primary N) is 1. The monoisotopic (exact) mass is 469 g/mol. The molecule has 3 N–H and O–H groups in total. The first-order chi connectivity index (χ1) is 15.4. The molecule has 0 spiro atoms. The molecular weight excluding hydrogens is 449 g/mol. The van der Waals surface area contributed by atoms with Gasteiger partial charge in [-0.15, -0.1) is 0 Å². The molecule has 0 amide bonds. The first-order valence-electron chi connectivity index (χ1n) is 10.1. The maximum Gasteiger partial charge on any atom is 0.315 e. The summed E-state index contributed by atoms with van der Waals surface area (Å²) in [5.41, 5.74) is 10.9. The molecule has 164 valence electrons. The summed E-state index contributed by atoms with van der Waals surface area (Å²) in [6.45, 7) is 0.106. The van der Waals surface area contributed by atoms with Crippen LogP contribution in [0.25, 0.3) is 11.1 Å². The predicted octanol–water partition coefficient (Wildman–Crippen LogP) is 5.23. The number of halogens is 2. The molecule has 0 bridgehead atoms. The Morgan fingerprint density at radius 1 is 0.969 bits per heavy atom. The molecule has 32 heavy (non-hydrogen) atoms. The second-order valence-electron chi connectivity index (χ2n) is 7.76. The summed E-state index contributed by atoms with van der Waals surface area (Å²) in [5, 5.41) is 9.84. The topological polar surface area (TPSA) is 89.6 Å². The van der Waals surface area contributed by atoms with Crippen molar-refractivity contribution in [1.82, 2.24) is 0 Å². The molecular formula is C25H21Cl2NO4. The number of ether oxygens (including phenoxy) is 1. The van der Waals surface area contributed by atoms with E-state index in [1.807, 2.05) is 36.4 Å². The van der Waals surface area contributed by atoms with Crippen molar-refractivity contribution in [2.75, 3.05) is 6.61 Å². The molecule has 0 radical (unpaired) electrons. The highest BCUT2D eigenvalue weighted by Crippen LogP contribution is 2.44. The smallest absolute Gasteiger partial charge is 0.315 e. The third-order valence-electron chi connectivity index (χ3n) is 5.74. The summed E-state index contributed by atoms with van der Waals surface area (Å²) in [7, 11) is 0. The summed E-state index contributed by atoms with van der Waals surface area (Å²) in [6.07, 6.45) is -0.409. The molecule has 0 saturated carbocycles. The van der Waals surface area contributed by atoms with Gasteiger partial charge in [0, 0.05) is 22.0 Å². The van der Waals surface area contributed by atoms with Gasteiger partial charge in [0.25, 0.3) is 0 Å². The number of carbonyl (C=O) groups is 2. The summed E-state index contributed by atoms with van der Waals surface area (Å²) in [6, 6.07) is 19.7. The zero-order valence-corrected chi connectivity index (χ0v) is 18.5. The van der Waals surface area contributed by atoms with Gasteiger partial charge in [-0.2, -0.15) is 0 Å². The molecule has 3 aromatic rings. The van der Waals surface area contributed by atoms with Crippen molar-refractivity contribution in [2.45, 2.75) is 24.3 Å². The molecule has 1 aliphatic carbocycles. The SMILES string of the molecule is N[C@@H](CC(=O)O)[C@H](C(=O)OCC1c2ccccc2-c2ccccc21)c1ccc(Cl)cc1Cl. The lowest BCUT2D eigenvalue weighted by Crippen LogP contribution is -2.37. The third kappa shape index (κ3) is 4.37. The highest BCUT2D eigenvalue weighted by molar-refractivity contribution is 6.35. The lowest BCUT2D eigenvalue weighted by Gasteiger charge is -2.24. The van der Waals surface area contributed by atoms with Gasteiger partial charge in [-0.3, -0.25) is 9.59 Å². The number of carbonyl (C=O) groups excluding carboxylic acids is 1. The Balaban J connectivity index is 1.61. The second-order valence-corrected chi connectivity index (χ2v) is 8.61. The van der Waals surface area contributed by atoms with Crippen LogP contribution in [-0.2, 0) is 14.3 Å². The number of carboxylic acids is 1. The number of fused-ring (bicyclic) bond motifs is 3. The van der Waals surface area contributed by atoms with Gasteiger partial charge in [0.2, 0.25) is 0 Å². The lowest BCUT2D eigenvalue weighted by molar-refractivity contribution is -0.146. The van der Waals surface area contributed by atoms with Crippen molar-refractivity contribution in [3.63, 3.8) is 0 Å². The molecule has 0 heterocycles. The van der Waals surface area contributed by atoms with E-state index in [0.717, 1.165) is 22.3 Å². The Labute approximate surface area is 195 Å². The first kappa shape index (κ1) is 22.3. The average Bonchev–Trinajstić information content (AvgIpc) is 3.07. The van der Waals surface area contributed by atoms with Crippen LogP contribution in [0.5, 0.6) is 0 Å². The minimum absolute atomic E-state index is 0.106. The van der Waals surface area contributed by atoms with Crippen LogP contribution in [0.2, 0.25) is 10.0 Å². The van der Waals surface area contributed by atoms with Crippen LogP contribution in [0, 0.1) is 0 Å². The second kappa shape index (κ2) is 9.33. The Kier molecular flexibility index (Phi) is 6.51. The highest BCUT2D eigenvalue weighted by Gasteiger charge is 2.34. The molecule has 0 unspecified atom stereocenters. The van der Waals surface area contributed by atoms with E-state index in [2.05, 4.69) is 12.1 Å². The van der Waals surface area contributed by atoms with Crippen molar-refractivity contribution in [1.29, 1.82) is 0 Å². The van der Waals surface area contributed by atoms with Crippen LogP contribution in [0.4, 0.5) is 0 Å². The number of hydrogen-bond donors (Lipinski definition) is 2. The van der Waals surface area contributed by atoms with E-state index >= 15 is 0 Å². The van der Waals surface area contributed by atoms with Gasteiger partial charge in [-0.05, 0) is 39.9 Å². The first-order valence-corrected chi connectivity index (χ1v) is 10.9. The van der Waals surface area contributed by atoms with E-state index in [9.17, 15) is 14.7 Å². The molecule has 7 heteroatoms. The van der Waals surface area contributed by atoms with Crippen molar-refractivity contribution in [2.24, 2.45) is 5.73 Å². The van der Waals surface area contributed by atoms with Crippen molar-refractivity contribution in [3.8, 4) is 11.1 Å². The van der Waals surface area contributed by atoms with E-state index in [-0.39, 0.29) is 17.5 Å². The maximum absolute atomic E-state index is 13.2. The molecule has 5 nitrogen and oxygen atoms in total. The summed E-state index contributed by atoms with van der Waals surface area (Å²) in [4.78, 5) is 24.5. The lowest BCUT2D eigenvalue weighted by atomic mass is 9.90. The van der Waals surface area contributed by atoms with Crippen LogP contribution in [0.1, 0.15) is 34.9 Å². The third-order valence-corrected chi connectivity index (χ3v) is 6.31. The van der Waals surface area contributed by atoms with E-state index in [0.29, 0.717) is 10.6 Å². The van der Waals surface area contributed by atoms with Gasteiger partial charge in [0.05, 0.1) is 12.3 Å². The number of esters is 1. The zero-order chi connectivity index (χ0) is 22.8. The van der Waals surface area contributed by atoms with E-state index in [1.54, 1.807) is 12.1 Å². The van der Waals surface area contributed by atoms with Crippen LogP contribution in [0.3, 0.4) is 0 Å². The number of rotatable bonds is 7. The van der Waals surface area contributed by atoms with Crippen LogP contribution >= 0.6 is 23.2 Å². The van der Waals surface area contributed by atoms with Crippen LogP contribution in [-0.4, -0.2) is 29.7 Å². The summed E-state index contributed by atoms with van der Waals surface area (Å²) in [5.74, 6) is -2.89. The van der Waals surface area contributed by atoms with Crippen LogP contribution in [0.15, 0.2) is 66.7 Å². The van der Waals surface area contributed by atoms with Gasteiger partial charge in [-0.1, -0.05) is 77.8 Å². The molecule has 0 aromatic heterocycles. The number of aliphatic carboxylic acids is 1. The predicted molar refractivity (Wildman–Crippen MR) is 124 cm³/mol. The van der Waals surface area contributed by atoms with Gasteiger partial charge < -0.3 is 15.6 Å². The van der Waals surface area contributed by atoms with Crippen molar-refractivity contribution in [3.05, 3.63) is 93.5 Å². The fourth-order valence-corrected chi connectivity index (χ4v) is 4.83. The Morgan fingerprint density at radius 3 is 2.12 bits per heavy atom. The van der Waals surface area contributed by atoms with E-state index in [4.69, 9.17) is 33.7 Å². The Morgan fingerprint density at radius 2 is 1.56 bits per heavy atom. The average molecular weight is 470 g/mol. The van der Waals surface area contributed by atoms with Crippen molar-refractivity contribution < 1.29 is 19.4 Å². The Hall–Kier alpha value is -2.86. The van der Waals surface area contributed by atoms with Gasteiger partial charge in [0.15, 0.2) is 0 Å². The largest absolute Gasteiger partial charge is 0.481 e. The number of benzene rings is 3. The normalized spacial score (nSPS) is 14.3. The summed E-state index contributed by atoms with van der Waals surface area (Å²) < 4.78 is 5.74. The standard InChI is InChI=1S/C25H21Cl2NO4/c26-14-9-10-19(21(27)11-14)24(22(28)12-23(29)30)25(31)32-13-20-17-7-3-1-5-15(17)16-6-2-4-8-18(16)20/h1-11,20,22,24H,12-13,28H2,(H,29,30)/t22-,24+/m0/s1. The molecule has 0 fully saturated rings. The molecule has 0 saturated heterocycles. The minimum atomic E-state index is -1.11. The number of carboxylic acid groups (broad SMARTS) is 1. The van der Waals surface area contributed by atoms with Gasteiger partial charge >= 0.3 is 11.9 Å². The van der Waals surface area contributed by atoms with Gasteiger partial charge in [-0.25, -0.2) is 0 Å². The molecule has 1 aliphatic rings. The zero-order valence-electron chi connectivity index (χ0n) is 17.0. The molecule has 0 aliphatic heterocycles. The highest BCUT2D eigenvalue weighted by atomic mass is 35.5. The van der Waals surface area contributed by atoms with Crippen LogP contribution < -0.4 is 5.73 Å². The molecule has 4 rings (SSSR count). The van der Waals surface area contributed by atoms with Crippen molar-refractivity contribution >= 4 is 35.1 Å². The van der Waals surface area contributed by atoms with E-state index < -0.39 is 30.3 Å². The maximum atomic E-state index is 13.2. The Bertz CT molecular complexity index is 1130.